The average molecular weight is 460 g/mol. The molecule has 11 heteroatoms. The number of benzene rings is 2. The van der Waals surface area contributed by atoms with Crippen LogP contribution in [0.4, 0.5) is 15.8 Å². The van der Waals surface area contributed by atoms with E-state index in [0.717, 1.165) is 11.6 Å². The molecule has 0 radical (unpaired) electrons. The summed E-state index contributed by atoms with van der Waals surface area (Å²) in [7, 11) is 0. The van der Waals surface area contributed by atoms with Crippen LogP contribution in [0.1, 0.15) is 25.0 Å². The molecule has 0 aliphatic carbocycles. The van der Waals surface area contributed by atoms with Crippen LogP contribution in [-0.4, -0.2) is 57.3 Å². The van der Waals surface area contributed by atoms with E-state index in [4.69, 9.17) is 4.74 Å². The van der Waals surface area contributed by atoms with Gasteiger partial charge in [-0.2, -0.15) is 0 Å². The lowest BCUT2D eigenvalue weighted by Crippen LogP contribution is -2.58. The molecule has 0 N–H and O–H groups in total. The molecule has 0 spiro atoms. The quantitative estimate of drug-likeness (QED) is 0.458. The number of amides is 1. The molecule has 2 unspecified atom stereocenters. The van der Waals surface area contributed by atoms with E-state index in [0.29, 0.717) is 19.6 Å². The summed E-state index contributed by atoms with van der Waals surface area (Å²) >= 11 is 0. The van der Waals surface area contributed by atoms with Crippen LogP contribution in [0, 0.1) is 33.0 Å². The van der Waals surface area contributed by atoms with Gasteiger partial charge in [0.05, 0.1) is 15.9 Å². The van der Waals surface area contributed by atoms with Crippen molar-refractivity contribution in [3.8, 4) is 5.75 Å². The lowest BCUT2D eigenvalue weighted by atomic mass is 10.1. The summed E-state index contributed by atoms with van der Waals surface area (Å²) in [4.78, 5) is 37.6. The molecule has 176 valence electrons. The van der Waals surface area contributed by atoms with Crippen molar-refractivity contribution < 1.29 is 23.8 Å². The van der Waals surface area contributed by atoms with Gasteiger partial charge in [-0.15, -0.1) is 0 Å². The summed E-state index contributed by atoms with van der Waals surface area (Å²) in [5.74, 6) is -0.781. The fourth-order valence-corrected chi connectivity index (χ4v) is 3.97. The van der Waals surface area contributed by atoms with Crippen molar-refractivity contribution in [2.75, 3.05) is 19.7 Å². The molecule has 33 heavy (non-hydrogen) atoms. The van der Waals surface area contributed by atoms with Crippen LogP contribution >= 0.6 is 0 Å². The van der Waals surface area contributed by atoms with Gasteiger partial charge in [0.2, 0.25) is 5.75 Å². The largest absolute Gasteiger partial charge is 0.477 e. The number of rotatable bonds is 7. The number of non-ortho nitro benzene ring substituents is 1. The topological polar surface area (TPSA) is 119 Å². The molecule has 10 nitrogen and oxygen atoms in total. The molecule has 2 aromatic rings. The van der Waals surface area contributed by atoms with Gasteiger partial charge in [0.25, 0.3) is 11.6 Å². The first-order valence-corrected chi connectivity index (χ1v) is 10.4. The van der Waals surface area contributed by atoms with Crippen molar-refractivity contribution in [2.45, 2.75) is 39.4 Å². The summed E-state index contributed by atoms with van der Waals surface area (Å²) in [6.07, 6.45) is 0. The van der Waals surface area contributed by atoms with E-state index in [9.17, 15) is 29.4 Å². The number of nitro benzene ring substituents is 2. The highest BCUT2D eigenvalue weighted by Crippen LogP contribution is 2.35. The van der Waals surface area contributed by atoms with Gasteiger partial charge in [-0.1, -0.05) is 12.1 Å². The van der Waals surface area contributed by atoms with Crippen LogP contribution in [-0.2, 0) is 11.3 Å². The lowest BCUT2D eigenvalue weighted by molar-refractivity contribution is -0.394. The predicted molar refractivity (Wildman–Crippen MR) is 117 cm³/mol. The van der Waals surface area contributed by atoms with Crippen LogP contribution < -0.4 is 4.74 Å². The zero-order chi connectivity index (χ0) is 24.3. The second-order valence-electron chi connectivity index (χ2n) is 8.21. The third kappa shape index (κ3) is 5.61. The second kappa shape index (κ2) is 9.90. The Hall–Kier alpha value is -3.60. The monoisotopic (exact) mass is 460 g/mol. The van der Waals surface area contributed by atoms with E-state index in [1.165, 1.54) is 25.1 Å². The maximum Gasteiger partial charge on any atom is 0.318 e. The number of hydrogen-bond acceptors (Lipinski definition) is 7. The maximum absolute atomic E-state index is 13.2. The molecule has 1 aliphatic rings. The van der Waals surface area contributed by atoms with E-state index < -0.39 is 27.8 Å². The van der Waals surface area contributed by atoms with Crippen LogP contribution in [0.15, 0.2) is 36.4 Å². The zero-order valence-corrected chi connectivity index (χ0v) is 18.6. The van der Waals surface area contributed by atoms with Gasteiger partial charge >= 0.3 is 5.69 Å². The van der Waals surface area contributed by atoms with Crippen LogP contribution in [0.25, 0.3) is 0 Å². The minimum Gasteiger partial charge on any atom is -0.477 e. The predicted octanol–water partition coefficient (Wildman–Crippen LogP) is 3.45. The van der Waals surface area contributed by atoms with E-state index in [1.807, 2.05) is 13.8 Å². The number of aryl methyl sites for hydroxylation is 1. The molecule has 1 heterocycles. The van der Waals surface area contributed by atoms with Crippen molar-refractivity contribution in [3.63, 3.8) is 0 Å². The van der Waals surface area contributed by atoms with Gasteiger partial charge in [-0.3, -0.25) is 29.9 Å². The highest BCUT2D eigenvalue weighted by Gasteiger charge is 2.33. The Balaban J connectivity index is 1.66. The first-order chi connectivity index (χ1) is 15.6. The van der Waals surface area contributed by atoms with Gasteiger partial charge in [0.15, 0.2) is 6.61 Å². The number of ether oxygens (including phenoxy) is 1. The van der Waals surface area contributed by atoms with Crippen molar-refractivity contribution in [1.29, 1.82) is 0 Å². The molecule has 1 fully saturated rings. The normalized spacial score (nSPS) is 18.7. The Morgan fingerprint density at radius 1 is 1.09 bits per heavy atom. The smallest absolute Gasteiger partial charge is 0.318 e. The minimum atomic E-state index is -0.765. The van der Waals surface area contributed by atoms with Crippen molar-refractivity contribution in [3.05, 3.63) is 73.6 Å². The molecule has 0 aromatic heterocycles. The molecular weight excluding hydrogens is 435 g/mol. The summed E-state index contributed by atoms with van der Waals surface area (Å²) < 4.78 is 18.6. The first kappa shape index (κ1) is 24.1. The minimum absolute atomic E-state index is 0.0330. The average Bonchev–Trinajstić information content (AvgIpc) is 2.75. The molecule has 2 atom stereocenters. The lowest BCUT2D eigenvalue weighted by Gasteiger charge is -2.44. The Morgan fingerprint density at radius 2 is 1.76 bits per heavy atom. The highest BCUT2D eigenvalue weighted by atomic mass is 19.1. The standard InChI is InChI=1S/C22H25FN4O6/c1-14-8-19(26(29)30)9-20(27(31)32)22(14)33-13-21(28)25-11-15(2)24(10-16(25)3)12-17-4-6-18(23)7-5-17/h4-9,15-16H,10-13H2,1-3H3. The van der Waals surface area contributed by atoms with Gasteiger partial charge in [-0.05, 0) is 38.5 Å². The molecule has 3 rings (SSSR count). The Labute approximate surface area is 189 Å². The molecule has 2 aromatic carbocycles. The molecule has 1 saturated heterocycles. The number of hydrogen-bond donors (Lipinski definition) is 0. The number of piperazine rings is 1. The third-order valence-corrected chi connectivity index (χ3v) is 5.72. The van der Waals surface area contributed by atoms with E-state index in [-0.39, 0.29) is 35.1 Å². The second-order valence-corrected chi connectivity index (χ2v) is 8.21. The van der Waals surface area contributed by atoms with Crippen molar-refractivity contribution in [1.82, 2.24) is 9.80 Å². The number of halogens is 1. The van der Waals surface area contributed by atoms with Gasteiger partial charge < -0.3 is 9.64 Å². The molecular formula is C22H25FN4O6. The number of nitro groups is 2. The summed E-state index contributed by atoms with van der Waals surface area (Å²) in [6, 6.07) is 8.20. The van der Waals surface area contributed by atoms with Gasteiger partial charge in [0.1, 0.15) is 5.82 Å². The third-order valence-electron chi connectivity index (χ3n) is 5.72. The first-order valence-electron chi connectivity index (χ1n) is 10.4. The van der Waals surface area contributed by atoms with Crippen LogP contribution in [0.3, 0.4) is 0 Å². The summed E-state index contributed by atoms with van der Waals surface area (Å²) in [5.41, 5.74) is 0.200. The Bertz CT molecular complexity index is 1060. The summed E-state index contributed by atoms with van der Waals surface area (Å²) in [6.45, 7) is 6.58. The molecule has 1 amide bonds. The van der Waals surface area contributed by atoms with Crippen LogP contribution in [0.5, 0.6) is 5.75 Å². The fraction of sp³-hybridized carbons (Fsp3) is 0.409. The van der Waals surface area contributed by atoms with Gasteiger partial charge in [-0.25, -0.2) is 4.39 Å². The molecule has 0 bridgehead atoms. The number of nitrogens with zero attached hydrogens (tertiary/aromatic N) is 4. The summed E-state index contributed by atoms with van der Waals surface area (Å²) in [5, 5.41) is 22.4. The van der Waals surface area contributed by atoms with Gasteiger partial charge in [0, 0.05) is 43.3 Å². The van der Waals surface area contributed by atoms with E-state index >= 15 is 0 Å². The highest BCUT2D eigenvalue weighted by molar-refractivity contribution is 5.78. The van der Waals surface area contributed by atoms with E-state index in [1.54, 1.807) is 17.0 Å². The maximum atomic E-state index is 13.2. The molecule has 1 aliphatic heterocycles. The van der Waals surface area contributed by atoms with Crippen LogP contribution in [0.2, 0.25) is 0 Å². The zero-order valence-electron chi connectivity index (χ0n) is 18.6. The number of carbonyl (C=O) groups is 1. The fourth-order valence-electron chi connectivity index (χ4n) is 3.97. The SMILES string of the molecule is Cc1cc([N+](=O)[O-])cc([N+](=O)[O-])c1OCC(=O)N1CC(C)N(Cc2ccc(F)cc2)CC1C. The van der Waals surface area contributed by atoms with Crippen molar-refractivity contribution in [2.24, 2.45) is 0 Å². The molecule has 0 saturated carbocycles. The van der Waals surface area contributed by atoms with E-state index in [2.05, 4.69) is 4.90 Å². The Kier molecular flexibility index (Phi) is 7.22. The Morgan fingerprint density at radius 3 is 2.36 bits per heavy atom. The number of carbonyl (C=O) groups excluding carboxylic acids is 1. The van der Waals surface area contributed by atoms with Crippen molar-refractivity contribution >= 4 is 17.3 Å².